The van der Waals surface area contributed by atoms with Crippen LogP contribution >= 0.6 is 0 Å². The van der Waals surface area contributed by atoms with Crippen LogP contribution in [0, 0.1) is 6.07 Å². The lowest BCUT2D eigenvalue weighted by Crippen LogP contribution is -1.97. The van der Waals surface area contributed by atoms with Gasteiger partial charge in [-0.2, -0.15) is 10.2 Å². The van der Waals surface area contributed by atoms with Crippen molar-refractivity contribution in [2.75, 3.05) is 0 Å². The SMILES string of the molecule is [c]1ccc(Cc2ccc(-c3ccccc3)nn2)nc1. The van der Waals surface area contributed by atoms with Crippen LogP contribution in [0.25, 0.3) is 11.3 Å². The van der Waals surface area contributed by atoms with E-state index >= 15 is 0 Å². The van der Waals surface area contributed by atoms with Gasteiger partial charge in [0.15, 0.2) is 0 Å². The third-order valence-corrected chi connectivity index (χ3v) is 2.83. The summed E-state index contributed by atoms with van der Waals surface area (Å²) in [6.45, 7) is 0. The minimum absolute atomic E-state index is 0.691. The Hall–Kier alpha value is -2.55. The molecule has 91 valence electrons. The van der Waals surface area contributed by atoms with E-state index in [2.05, 4.69) is 21.2 Å². The van der Waals surface area contributed by atoms with Gasteiger partial charge < -0.3 is 0 Å². The van der Waals surface area contributed by atoms with E-state index in [4.69, 9.17) is 0 Å². The predicted molar refractivity (Wildman–Crippen MR) is 73.3 cm³/mol. The molecular formula is C16H12N3. The third kappa shape index (κ3) is 2.83. The Morgan fingerprint density at radius 3 is 2.42 bits per heavy atom. The van der Waals surface area contributed by atoms with Crippen LogP contribution in [-0.2, 0) is 6.42 Å². The van der Waals surface area contributed by atoms with Gasteiger partial charge in [-0.25, -0.2) is 0 Å². The van der Waals surface area contributed by atoms with Crippen molar-refractivity contribution < 1.29 is 0 Å². The van der Waals surface area contributed by atoms with E-state index in [1.807, 2.05) is 54.6 Å². The molecule has 0 saturated carbocycles. The lowest BCUT2D eigenvalue weighted by Gasteiger charge is -2.02. The molecule has 2 heterocycles. The number of benzene rings is 1. The van der Waals surface area contributed by atoms with Crippen molar-refractivity contribution in [3.05, 3.63) is 78.2 Å². The maximum Gasteiger partial charge on any atom is 0.0929 e. The summed E-state index contributed by atoms with van der Waals surface area (Å²) in [5.41, 5.74) is 3.85. The van der Waals surface area contributed by atoms with Crippen LogP contribution in [0.1, 0.15) is 11.4 Å². The fraction of sp³-hybridized carbons (Fsp3) is 0.0625. The smallest absolute Gasteiger partial charge is 0.0929 e. The van der Waals surface area contributed by atoms with Gasteiger partial charge in [-0.15, -0.1) is 0 Å². The highest BCUT2D eigenvalue weighted by molar-refractivity contribution is 5.57. The molecular weight excluding hydrogens is 234 g/mol. The fourth-order valence-corrected chi connectivity index (χ4v) is 1.86. The van der Waals surface area contributed by atoms with Crippen LogP contribution in [0.4, 0.5) is 0 Å². The van der Waals surface area contributed by atoms with E-state index in [0.29, 0.717) is 6.42 Å². The van der Waals surface area contributed by atoms with Crippen molar-refractivity contribution in [3.8, 4) is 11.3 Å². The second kappa shape index (κ2) is 5.40. The molecule has 3 rings (SSSR count). The monoisotopic (exact) mass is 246 g/mol. The number of aromatic nitrogens is 3. The molecule has 0 N–H and O–H groups in total. The van der Waals surface area contributed by atoms with Crippen molar-refractivity contribution in [2.45, 2.75) is 6.42 Å². The Bertz CT molecular complexity index is 634. The largest absolute Gasteiger partial charge is 0.260 e. The quantitative estimate of drug-likeness (QED) is 0.713. The molecule has 0 bridgehead atoms. The number of hydrogen-bond acceptors (Lipinski definition) is 3. The lowest BCUT2D eigenvalue weighted by molar-refractivity contribution is 0.922. The molecule has 3 aromatic rings. The van der Waals surface area contributed by atoms with Gasteiger partial charge in [0, 0.05) is 29.9 Å². The van der Waals surface area contributed by atoms with E-state index in [1.165, 1.54) is 0 Å². The van der Waals surface area contributed by atoms with Crippen molar-refractivity contribution in [1.82, 2.24) is 15.2 Å². The van der Waals surface area contributed by atoms with Crippen LogP contribution in [0.5, 0.6) is 0 Å². The van der Waals surface area contributed by atoms with Crippen molar-refractivity contribution >= 4 is 0 Å². The average Bonchev–Trinajstić information content (AvgIpc) is 2.50. The normalized spacial score (nSPS) is 10.3. The molecule has 0 unspecified atom stereocenters. The molecule has 1 aromatic carbocycles. The van der Waals surface area contributed by atoms with Gasteiger partial charge in [0.05, 0.1) is 11.4 Å². The summed E-state index contributed by atoms with van der Waals surface area (Å²) in [4.78, 5) is 4.23. The fourth-order valence-electron chi connectivity index (χ4n) is 1.86. The Kier molecular flexibility index (Phi) is 3.28. The maximum absolute atomic E-state index is 4.26. The number of nitrogens with zero attached hydrogens (tertiary/aromatic N) is 3. The van der Waals surface area contributed by atoms with E-state index in [-0.39, 0.29) is 0 Å². The molecule has 0 aliphatic rings. The molecule has 0 aliphatic carbocycles. The van der Waals surface area contributed by atoms with Gasteiger partial charge in [-0.3, -0.25) is 4.98 Å². The van der Waals surface area contributed by atoms with Gasteiger partial charge >= 0.3 is 0 Å². The number of rotatable bonds is 3. The van der Waals surface area contributed by atoms with Crippen LogP contribution in [0.3, 0.4) is 0 Å². The lowest BCUT2D eigenvalue weighted by atomic mass is 10.1. The Labute approximate surface area is 112 Å². The predicted octanol–water partition coefficient (Wildman–Crippen LogP) is 2.93. The standard InChI is InChI=1S/C16H12N3/c1-2-6-13(7-3-1)16-10-9-15(18-19-16)12-14-8-4-5-11-17-14/h1-4,6-11H,12H2. The van der Waals surface area contributed by atoms with E-state index in [0.717, 1.165) is 22.6 Å². The third-order valence-electron chi connectivity index (χ3n) is 2.83. The number of hydrogen-bond donors (Lipinski definition) is 0. The summed E-state index contributed by atoms with van der Waals surface area (Å²) in [6, 6.07) is 20.7. The van der Waals surface area contributed by atoms with E-state index in [9.17, 15) is 0 Å². The maximum atomic E-state index is 4.26. The minimum atomic E-state index is 0.691. The molecule has 0 atom stereocenters. The Morgan fingerprint density at radius 2 is 1.74 bits per heavy atom. The minimum Gasteiger partial charge on any atom is -0.260 e. The van der Waals surface area contributed by atoms with Gasteiger partial charge in [0.1, 0.15) is 0 Å². The van der Waals surface area contributed by atoms with E-state index < -0.39 is 0 Å². The van der Waals surface area contributed by atoms with Crippen molar-refractivity contribution in [2.24, 2.45) is 0 Å². The average molecular weight is 246 g/mol. The van der Waals surface area contributed by atoms with E-state index in [1.54, 1.807) is 6.20 Å². The topological polar surface area (TPSA) is 38.7 Å². The van der Waals surface area contributed by atoms with Crippen LogP contribution in [0.15, 0.2) is 60.8 Å². The molecule has 3 heteroatoms. The van der Waals surface area contributed by atoms with Gasteiger partial charge in [-0.05, 0) is 18.2 Å². The molecule has 0 amide bonds. The van der Waals surface area contributed by atoms with Gasteiger partial charge in [-0.1, -0.05) is 36.4 Å². The van der Waals surface area contributed by atoms with Crippen LogP contribution < -0.4 is 0 Å². The molecule has 3 nitrogen and oxygen atoms in total. The molecule has 0 saturated heterocycles. The summed E-state index contributed by atoms with van der Waals surface area (Å²) in [5.74, 6) is 0. The number of pyridine rings is 1. The van der Waals surface area contributed by atoms with Gasteiger partial charge in [0.25, 0.3) is 0 Å². The summed E-state index contributed by atoms with van der Waals surface area (Å²) in [5, 5.41) is 8.51. The Balaban J connectivity index is 1.80. The van der Waals surface area contributed by atoms with Crippen LogP contribution in [0.2, 0.25) is 0 Å². The highest BCUT2D eigenvalue weighted by Crippen LogP contribution is 2.15. The first kappa shape index (κ1) is 11.5. The first-order chi connectivity index (χ1) is 9.42. The zero-order valence-electron chi connectivity index (χ0n) is 10.3. The summed E-state index contributed by atoms with van der Waals surface area (Å²) >= 11 is 0. The first-order valence-corrected chi connectivity index (χ1v) is 6.11. The van der Waals surface area contributed by atoms with Crippen molar-refractivity contribution in [1.29, 1.82) is 0 Å². The zero-order valence-corrected chi connectivity index (χ0v) is 10.3. The van der Waals surface area contributed by atoms with Crippen molar-refractivity contribution in [3.63, 3.8) is 0 Å². The zero-order chi connectivity index (χ0) is 12.9. The molecule has 1 radical (unpaired) electrons. The second-order valence-corrected chi connectivity index (χ2v) is 4.20. The molecule has 0 aliphatic heterocycles. The second-order valence-electron chi connectivity index (χ2n) is 4.20. The first-order valence-electron chi connectivity index (χ1n) is 6.11. The molecule has 0 fully saturated rings. The highest BCUT2D eigenvalue weighted by Gasteiger charge is 2.02. The van der Waals surface area contributed by atoms with Gasteiger partial charge in [0.2, 0.25) is 0 Å². The molecule has 19 heavy (non-hydrogen) atoms. The molecule has 0 spiro atoms. The highest BCUT2D eigenvalue weighted by atomic mass is 15.1. The van der Waals surface area contributed by atoms with Crippen LogP contribution in [-0.4, -0.2) is 15.2 Å². The Morgan fingerprint density at radius 1 is 0.842 bits per heavy atom. The summed E-state index contributed by atoms with van der Waals surface area (Å²) in [7, 11) is 0. The summed E-state index contributed by atoms with van der Waals surface area (Å²) < 4.78 is 0. The summed E-state index contributed by atoms with van der Waals surface area (Å²) in [6.07, 6.45) is 2.36. The molecule has 2 aromatic heterocycles.